The average Bonchev–Trinajstić information content (AvgIpc) is 2.77. The van der Waals surface area contributed by atoms with Gasteiger partial charge >= 0.3 is 0 Å². The largest absolute Gasteiger partial charge is 0.334 e. The highest BCUT2D eigenvalue weighted by Gasteiger charge is 2.20. The predicted octanol–water partition coefficient (Wildman–Crippen LogP) is 5.38. The molecule has 1 N–H and O–H groups in total. The van der Waals surface area contributed by atoms with Crippen molar-refractivity contribution in [2.75, 3.05) is 6.54 Å². The van der Waals surface area contributed by atoms with Crippen molar-refractivity contribution in [3.8, 4) is 0 Å². The number of aromatic nitrogens is 1. The zero-order chi connectivity index (χ0) is 21.8. The lowest BCUT2D eigenvalue weighted by atomic mass is 10.1. The first kappa shape index (κ1) is 20.9. The Morgan fingerprint density at radius 2 is 1.71 bits per heavy atom. The van der Waals surface area contributed by atoms with Gasteiger partial charge in [-0.15, -0.1) is 0 Å². The summed E-state index contributed by atoms with van der Waals surface area (Å²) in [6.45, 7) is 2.69. The third-order valence-electron chi connectivity index (χ3n) is 5.34. The molecule has 0 atom stereocenters. The van der Waals surface area contributed by atoms with E-state index in [1.165, 1.54) is 0 Å². The normalized spacial score (nSPS) is 10.9. The number of pyridine rings is 1. The lowest BCUT2D eigenvalue weighted by Gasteiger charge is -2.23. The van der Waals surface area contributed by atoms with Crippen LogP contribution in [-0.4, -0.2) is 22.3 Å². The fourth-order valence-corrected chi connectivity index (χ4v) is 3.88. The first-order valence-corrected chi connectivity index (χ1v) is 10.6. The molecule has 1 aromatic heterocycles. The number of carbonyl (C=O) groups is 1. The Balaban J connectivity index is 1.67. The van der Waals surface area contributed by atoms with Gasteiger partial charge in [0.1, 0.15) is 0 Å². The molecule has 31 heavy (non-hydrogen) atoms. The standard InChI is InChI=1S/C26H23ClN2O2/c1-18-11-12-24-20(15-18)16-21(25(30)28-24)17-29(14-13-19-7-3-2-4-8-19)26(31)22-9-5-6-10-23(22)27/h2-12,15-16H,13-14,17H2,1H3,(H,28,30). The van der Waals surface area contributed by atoms with E-state index in [4.69, 9.17) is 11.6 Å². The maximum Gasteiger partial charge on any atom is 0.255 e. The Kier molecular flexibility index (Phi) is 6.19. The molecule has 0 bridgehead atoms. The van der Waals surface area contributed by atoms with E-state index < -0.39 is 0 Å². The minimum atomic E-state index is -0.190. The summed E-state index contributed by atoms with van der Waals surface area (Å²) in [5.74, 6) is -0.190. The number of benzene rings is 3. The minimum absolute atomic E-state index is 0.187. The average molecular weight is 431 g/mol. The second-order valence-electron chi connectivity index (χ2n) is 7.66. The molecular formula is C26H23ClN2O2. The SMILES string of the molecule is Cc1ccc2[nH]c(=O)c(CN(CCc3ccccc3)C(=O)c3ccccc3Cl)cc2c1. The maximum absolute atomic E-state index is 13.3. The zero-order valence-electron chi connectivity index (χ0n) is 17.3. The number of fused-ring (bicyclic) bond motifs is 1. The molecule has 1 heterocycles. The Bertz CT molecular complexity index is 1280. The van der Waals surface area contributed by atoms with E-state index in [1.54, 1.807) is 29.2 Å². The van der Waals surface area contributed by atoms with Crippen LogP contribution in [0.2, 0.25) is 5.02 Å². The van der Waals surface area contributed by atoms with Crippen molar-refractivity contribution in [1.82, 2.24) is 9.88 Å². The van der Waals surface area contributed by atoms with E-state index in [0.29, 0.717) is 29.1 Å². The summed E-state index contributed by atoms with van der Waals surface area (Å²) < 4.78 is 0. The molecule has 3 aromatic carbocycles. The number of aromatic amines is 1. The second kappa shape index (κ2) is 9.19. The third kappa shape index (κ3) is 4.86. The predicted molar refractivity (Wildman–Crippen MR) is 126 cm³/mol. The van der Waals surface area contributed by atoms with Crippen LogP contribution in [0.4, 0.5) is 0 Å². The van der Waals surface area contributed by atoms with E-state index >= 15 is 0 Å². The first-order valence-electron chi connectivity index (χ1n) is 10.2. The van der Waals surface area contributed by atoms with Gasteiger partial charge in [0.25, 0.3) is 11.5 Å². The lowest BCUT2D eigenvalue weighted by Crippen LogP contribution is -2.34. The van der Waals surface area contributed by atoms with Crippen LogP contribution in [0.3, 0.4) is 0 Å². The summed E-state index contributed by atoms with van der Waals surface area (Å²) in [6.07, 6.45) is 0.682. The van der Waals surface area contributed by atoms with Crippen molar-refractivity contribution in [3.05, 3.63) is 116 Å². The van der Waals surface area contributed by atoms with E-state index in [2.05, 4.69) is 4.98 Å². The topological polar surface area (TPSA) is 53.2 Å². The number of nitrogens with one attached hydrogen (secondary N) is 1. The number of hydrogen-bond donors (Lipinski definition) is 1. The van der Waals surface area contributed by atoms with Crippen LogP contribution in [0.15, 0.2) is 83.7 Å². The van der Waals surface area contributed by atoms with Crippen molar-refractivity contribution in [3.63, 3.8) is 0 Å². The van der Waals surface area contributed by atoms with Crippen LogP contribution in [0.25, 0.3) is 10.9 Å². The molecule has 4 aromatic rings. The van der Waals surface area contributed by atoms with Gasteiger partial charge in [0, 0.05) is 17.6 Å². The highest BCUT2D eigenvalue weighted by Crippen LogP contribution is 2.20. The molecule has 0 aliphatic carbocycles. The summed E-state index contributed by atoms with van der Waals surface area (Å²) in [7, 11) is 0. The van der Waals surface area contributed by atoms with E-state index in [9.17, 15) is 9.59 Å². The fraction of sp³-hybridized carbons (Fsp3) is 0.154. The van der Waals surface area contributed by atoms with Crippen molar-refractivity contribution < 1.29 is 4.79 Å². The van der Waals surface area contributed by atoms with Gasteiger partial charge in [0.2, 0.25) is 0 Å². The highest BCUT2D eigenvalue weighted by atomic mass is 35.5. The van der Waals surface area contributed by atoms with Crippen LogP contribution in [0.5, 0.6) is 0 Å². The van der Waals surface area contributed by atoms with Gasteiger partial charge in [-0.2, -0.15) is 0 Å². The van der Waals surface area contributed by atoms with Crippen LogP contribution in [0.1, 0.15) is 27.0 Å². The van der Waals surface area contributed by atoms with Crippen molar-refractivity contribution in [2.45, 2.75) is 19.9 Å². The van der Waals surface area contributed by atoms with Gasteiger partial charge in [-0.25, -0.2) is 0 Å². The molecule has 0 fully saturated rings. The smallest absolute Gasteiger partial charge is 0.255 e. The molecule has 0 radical (unpaired) electrons. The van der Waals surface area contributed by atoms with Crippen LogP contribution < -0.4 is 5.56 Å². The Labute approximate surface area is 186 Å². The number of aryl methyl sites for hydroxylation is 1. The van der Waals surface area contributed by atoms with Gasteiger partial charge in [-0.3, -0.25) is 9.59 Å². The Morgan fingerprint density at radius 1 is 0.968 bits per heavy atom. The molecule has 1 amide bonds. The number of H-pyrrole nitrogens is 1. The molecular weight excluding hydrogens is 408 g/mol. The number of halogens is 1. The molecule has 4 nitrogen and oxygen atoms in total. The molecule has 4 rings (SSSR count). The van der Waals surface area contributed by atoms with Crippen LogP contribution in [0, 0.1) is 6.92 Å². The van der Waals surface area contributed by atoms with E-state index in [0.717, 1.165) is 22.0 Å². The molecule has 156 valence electrons. The summed E-state index contributed by atoms with van der Waals surface area (Å²) in [4.78, 5) is 30.7. The van der Waals surface area contributed by atoms with Gasteiger partial charge in [0.15, 0.2) is 0 Å². The number of hydrogen-bond acceptors (Lipinski definition) is 2. The number of carbonyl (C=O) groups excluding carboxylic acids is 1. The summed E-state index contributed by atoms with van der Waals surface area (Å²) >= 11 is 6.29. The fourth-order valence-electron chi connectivity index (χ4n) is 3.66. The molecule has 0 unspecified atom stereocenters. The third-order valence-corrected chi connectivity index (χ3v) is 5.67. The first-order chi connectivity index (χ1) is 15.0. The summed E-state index contributed by atoms with van der Waals surface area (Å²) in [5, 5.41) is 1.35. The van der Waals surface area contributed by atoms with Crippen molar-refractivity contribution >= 4 is 28.4 Å². The van der Waals surface area contributed by atoms with Gasteiger partial charge < -0.3 is 9.88 Å². The summed E-state index contributed by atoms with van der Waals surface area (Å²) in [5.41, 5.74) is 3.82. The van der Waals surface area contributed by atoms with Crippen molar-refractivity contribution in [1.29, 1.82) is 0 Å². The van der Waals surface area contributed by atoms with Crippen LogP contribution in [-0.2, 0) is 13.0 Å². The lowest BCUT2D eigenvalue weighted by molar-refractivity contribution is 0.0744. The van der Waals surface area contributed by atoms with E-state index in [-0.39, 0.29) is 18.0 Å². The number of nitrogens with zero attached hydrogens (tertiary/aromatic N) is 1. The van der Waals surface area contributed by atoms with Gasteiger partial charge in [-0.05, 0) is 54.6 Å². The molecule has 5 heteroatoms. The Morgan fingerprint density at radius 3 is 2.48 bits per heavy atom. The van der Waals surface area contributed by atoms with Gasteiger partial charge in [0.05, 0.1) is 17.1 Å². The van der Waals surface area contributed by atoms with Gasteiger partial charge in [-0.1, -0.05) is 65.7 Å². The second-order valence-corrected chi connectivity index (χ2v) is 8.06. The molecule has 0 saturated heterocycles. The monoisotopic (exact) mass is 430 g/mol. The minimum Gasteiger partial charge on any atom is -0.334 e. The number of amides is 1. The highest BCUT2D eigenvalue weighted by molar-refractivity contribution is 6.33. The zero-order valence-corrected chi connectivity index (χ0v) is 18.0. The molecule has 0 spiro atoms. The number of rotatable bonds is 6. The van der Waals surface area contributed by atoms with Crippen molar-refractivity contribution in [2.24, 2.45) is 0 Å². The summed E-state index contributed by atoms with van der Waals surface area (Å²) in [6, 6.07) is 24.8. The van der Waals surface area contributed by atoms with E-state index in [1.807, 2.05) is 61.5 Å². The quantitative estimate of drug-likeness (QED) is 0.446. The molecule has 0 aliphatic heterocycles. The maximum atomic E-state index is 13.3. The molecule has 0 aliphatic rings. The Hall–Kier alpha value is -3.37. The molecule has 0 saturated carbocycles. The van der Waals surface area contributed by atoms with Crippen LogP contribution >= 0.6 is 11.6 Å².